The lowest BCUT2D eigenvalue weighted by molar-refractivity contribution is -0.870. The molecule has 0 aliphatic carbocycles. The molecule has 0 aromatic heterocycles. The number of unbranched alkanes of at least 4 members (excludes halogenated alkanes) is 20. The zero-order chi connectivity index (χ0) is 54.3. The van der Waals surface area contributed by atoms with Crippen molar-refractivity contribution >= 4 is 19.7 Å². The van der Waals surface area contributed by atoms with Gasteiger partial charge in [0.25, 0.3) is 0 Å². The Bertz CT molecular complexity index is 1640. The summed E-state index contributed by atoms with van der Waals surface area (Å²) in [7, 11) is 1.45. The monoisotopic (exact) mass is 1050 g/mol. The largest absolute Gasteiger partial charge is 0.472 e. The molecular weight excluding hydrogens is 940 g/mol. The molecular formula is C64H112N2O7P+. The predicted molar refractivity (Wildman–Crippen MR) is 318 cm³/mol. The number of hydrogen-bond acceptors (Lipinski definition) is 6. The Labute approximate surface area is 455 Å². The normalized spacial score (nSPS) is 14.5. The van der Waals surface area contributed by atoms with Crippen LogP contribution in [0.2, 0.25) is 0 Å². The van der Waals surface area contributed by atoms with Crippen molar-refractivity contribution in [2.75, 3.05) is 40.9 Å². The number of amides is 1. The smallest absolute Gasteiger partial charge is 0.456 e. The average molecular weight is 1050 g/mol. The molecule has 0 heterocycles. The minimum absolute atomic E-state index is 0.0265. The van der Waals surface area contributed by atoms with Crippen molar-refractivity contribution in [3.05, 3.63) is 109 Å². The lowest BCUT2D eigenvalue weighted by Gasteiger charge is -2.27. The topological polar surface area (TPSA) is 111 Å². The Hall–Kier alpha value is -3.33. The Balaban J connectivity index is 5.38. The average Bonchev–Trinajstić information content (AvgIpc) is 3.36. The molecule has 3 unspecified atom stereocenters. The first-order valence-corrected chi connectivity index (χ1v) is 31.2. The van der Waals surface area contributed by atoms with E-state index in [4.69, 9.17) is 13.8 Å². The van der Waals surface area contributed by atoms with Crippen LogP contribution in [0.4, 0.5) is 0 Å². The highest BCUT2D eigenvalue weighted by Crippen LogP contribution is 2.43. The number of nitrogens with zero attached hydrogens (tertiary/aromatic N) is 1. The van der Waals surface area contributed by atoms with Gasteiger partial charge in [0.2, 0.25) is 5.91 Å². The third-order valence-corrected chi connectivity index (χ3v) is 13.4. The first kappa shape index (κ1) is 70.7. The Kier molecular flexibility index (Phi) is 50.7. The molecule has 0 aromatic rings. The maximum absolute atomic E-state index is 13.5. The van der Waals surface area contributed by atoms with Crippen LogP contribution in [0.1, 0.15) is 233 Å². The van der Waals surface area contributed by atoms with E-state index in [1.165, 1.54) is 57.8 Å². The molecule has 0 fully saturated rings. The predicted octanol–water partition coefficient (Wildman–Crippen LogP) is 18.2. The Morgan fingerprint density at radius 2 is 0.865 bits per heavy atom. The minimum Gasteiger partial charge on any atom is -0.456 e. The van der Waals surface area contributed by atoms with Gasteiger partial charge in [-0.2, -0.15) is 0 Å². The van der Waals surface area contributed by atoms with Crippen molar-refractivity contribution in [1.82, 2.24) is 5.32 Å². The Morgan fingerprint density at radius 3 is 1.30 bits per heavy atom. The zero-order valence-corrected chi connectivity index (χ0v) is 49.2. The molecule has 9 nitrogen and oxygen atoms in total. The van der Waals surface area contributed by atoms with Gasteiger partial charge in [-0.15, -0.1) is 0 Å². The molecule has 74 heavy (non-hydrogen) atoms. The van der Waals surface area contributed by atoms with Gasteiger partial charge in [-0.05, 0) is 109 Å². The van der Waals surface area contributed by atoms with Crippen LogP contribution in [-0.2, 0) is 27.9 Å². The van der Waals surface area contributed by atoms with E-state index in [0.29, 0.717) is 30.3 Å². The van der Waals surface area contributed by atoms with E-state index in [1.807, 2.05) is 33.3 Å². The second-order valence-corrected chi connectivity index (χ2v) is 22.2. The van der Waals surface area contributed by atoms with Gasteiger partial charge in [0.15, 0.2) is 0 Å². The van der Waals surface area contributed by atoms with Crippen LogP contribution in [0.25, 0.3) is 0 Å². The molecule has 0 aliphatic heterocycles. The van der Waals surface area contributed by atoms with Gasteiger partial charge in [-0.3, -0.25) is 18.6 Å². The zero-order valence-electron chi connectivity index (χ0n) is 48.3. The molecule has 0 saturated carbocycles. The van der Waals surface area contributed by atoms with Crippen LogP contribution in [-0.4, -0.2) is 74.3 Å². The lowest BCUT2D eigenvalue weighted by Crippen LogP contribution is -2.47. The van der Waals surface area contributed by atoms with Gasteiger partial charge >= 0.3 is 13.8 Å². The summed E-state index contributed by atoms with van der Waals surface area (Å²) in [5.41, 5.74) is 0. The summed E-state index contributed by atoms with van der Waals surface area (Å²) < 4.78 is 30.6. The minimum atomic E-state index is -4.46. The number of carbonyl (C=O) groups excluding carboxylic acids is 2. The van der Waals surface area contributed by atoms with Crippen molar-refractivity contribution in [2.45, 2.75) is 245 Å². The van der Waals surface area contributed by atoms with E-state index in [0.717, 1.165) is 128 Å². The van der Waals surface area contributed by atoms with Gasteiger partial charge in [0, 0.05) is 12.8 Å². The van der Waals surface area contributed by atoms with Crippen molar-refractivity contribution < 1.29 is 37.3 Å². The van der Waals surface area contributed by atoms with Gasteiger partial charge in [-0.1, -0.05) is 220 Å². The summed E-state index contributed by atoms with van der Waals surface area (Å²) in [5, 5.41) is 3.03. The number of ether oxygens (including phenoxy) is 1. The highest BCUT2D eigenvalue weighted by atomic mass is 31.2. The Morgan fingerprint density at radius 1 is 0.486 bits per heavy atom. The first-order chi connectivity index (χ1) is 35.9. The van der Waals surface area contributed by atoms with Crippen LogP contribution in [0.3, 0.4) is 0 Å². The highest BCUT2D eigenvalue weighted by Gasteiger charge is 2.30. The van der Waals surface area contributed by atoms with Gasteiger partial charge in [0.1, 0.15) is 19.3 Å². The second kappa shape index (κ2) is 53.1. The molecule has 0 radical (unpaired) electrons. The maximum Gasteiger partial charge on any atom is 0.472 e. The first-order valence-electron chi connectivity index (χ1n) is 29.7. The fourth-order valence-corrected chi connectivity index (χ4v) is 8.66. The second-order valence-electron chi connectivity index (χ2n) is 20.8. The molecule has 3 atom stereocenters. The molecule has 0 aliphatic rings. The number of quaternary nitrogens is 1. The van der Waals surface area contributed by atoms with Crippen LogP contribution in [0.15, 0.2) is 109 Å². The highest BCUT2D eigenvalue weighted by molar-refractivity contribution is 7.47. The summed E-state index contributed by atoms with van der Waals surface area (Å²) >= 11 is 0. The number of likely N-dealkylation sites (N-methyl/N-ethyl adjacent to an activating group) is 1. The summed E-state index contributed by atoms with van der Waals surface area (Å²) in [6.07, 6.45) is 72.3. The van der Waals surface area contributed by atoms with E-state index in [1.54, 1.807) is 0 Å². The summed E-state index contributed by atoms with van der Waals surface area (Å²) in [6, 6.07) is -0.875. The maximum atomic E-state index is 13.5. The summed E-state index contributed by atoms with van der Waals surface area (Å²) in [6.45, 7) is 6.74. The molecule has 2 N–H and O–H groups in total. The van der Waals surface area contributed by atoms with Crippen molar-refractivity contribution in [1.29, 1.82) is 0 Å². The van der Waals surface area contributed by atoms with Crippen LogP contribution in [0, 0.1) is 0 Å². The quantitative estimate of drug-likeness (QED) is 0.0205. The van der Waals surface area contributed by atoms with E-state index >= 15 is 0 Å². The van der Waals surface area contributed by atoms with Crippen LogP contribution >= 0.6 is 7.82 Å². The van der Waals surface area contributed by atoms with Gasteiger partial charge < -0.3 is 19.4 Å². The number of esters is 1. The lowest BCUT2D eigenvalue weighted by atomic mass is 10.0. The van der Waals surface area contributed by atoms with Crippen molar-refractivity contribution in [2.24, 2.45) is 0 Å². The molecule has 0 rings (SSSR count). The van der Waals surface area contributed by atoms with Gasteiger partial charge in [-0.25, -0.2) is 4.57 Å². The van der Waals surface area contributed by atoms with Crippen LogP contribution < -0.4 is 5.32 Å². The molecule has 1 amide bonds. The van der Waals surface area contributed by atoms with Crippen LogP contribution in [0.5, 0.6) is 0 Å². The van der Waals surface area contributed by atoms with E-state index in [9.17, 15) is 19.0 Å². The van der Waals surface area contributed by atoms with Crippen molar-refractivity contribution in [3.63, 3.8) is 0 Å². The number of allylic oxidation sites excluding steroid dienone is 17. The molecule has 0 bridgehead atoms. The standard InChI is InChI=1S/C64H111N2O7P/c1-7-10-13-16-19-22-25-28-30-31-32-33-34-35-36-39-42-45-48-51-54-57-64(68)73-62(55-52-49-46-43-40-37-27-24-21-18-15-12-9-3)61(60-72-74(69,70)71-59-58-66(4,5)6)65-63(67)56-53-50-47-44-41-38-29-26-23-20-17-14-11-8-2/h10-11,13-14,19-20,22-23,28-30,32-33,35-36,38,52,55,61-62H,7-9,12,15-18,21,24-27,31,34,37,39-51,53-54,56-60H2,1-6H3,(H-,65,67,69,70)/p+1/b13-10-,14-11+,22-19-,23-20+,30-28-,33-32-,36-35-,38-29+,55-52-. The summed E-state index contributed by atoms with van der Waals surface area (Å²) in [4.78, 5) is 37.6. The molecule has 10 heteroatoms. The SMILES string of the molecule is CC/C=C\C/C=C\C/C=C\C/C=C\C/C=C\CCCCCCCC(=O)OC(/C=C\CCCCCCCCCCCCC)C(COP(=O)(O)OCC[N+](C)(C)C)NC(=O)CCCCCC/C=C/C/C=C/C/C=C/CC. The number of carbonyl (C=O) groups is 2. The number of rotatable bonds is 52. The third kappa shape index (κ3) is 53.5. The number of hydrogen-bond donors (Lipinski definition) is 2. The van der Waals surface area contributed by atoms with Gasteiger partial charge in [0.05, 0.1) is 33.8 Å². The molecule has 0 aromatic carbocycles. The van der Waals surface area contributed by atoms with E-state index < -0.39 is 20.0 Å². The molecule has 0 saturated heterocycles. The number of nitrogens with one attached hydrogen (secondary N) is 1. The summed E-state index contributed by atoms with van der Waals surface area (Å²) in [5.74, 6) is -0.560. The number of phosphoric ester groups is 1. The third-order valence-electron chi connectivity index (χ3n) is 12.5. The molecule has 0 spiro atoms. The molecule has 424 valence electrons. The fraction of sp³-hybridized carbons (Fsp3) is 0.688. The van der Waals surface area contributed by atoms with E-state index in [2.05, 4.69) is 123 Å². The van der Waals surface area contributed by atoms with Crippen molar-refractivity contribution in [3.8, 4) is 0 Å². The fourth-order valence-electron chi connectivity index (χ4n) is 7.92. The van der Waals surface area contributed by atoms with E-state index in [-0.39, 0.29) is 31.5 Å². The number of phosphoric acid groups is 1.